The lowest BCUT2D eigenvalue weighted by atomic mass is 10.2. The highest BCUT2D eigenvalue weighted by Crippen LogP contribution is 2.33. The molecule has 2 aromatic heterocycles. The van der Waals surface area contributed by atoms with Gasteiger partial charge in [0.15, 0.2) is 5.13 Å². The molecule has 0 saturated carbocycles. The minimum Gasteiger partial charge on any atom is -0.287 e. The van der Waals surface area contributed by atoms with Crippen LogP contribution >= 0.6 is 38.9 Å². The maximum Gasteiger partial charge on any atom is 0.264 e. The molecule has 1 aromatic carbocycles. The quantitative estimate of drug-likeness (QED) is 0.654. The summed E-state index contributed by atoms with van der Waals surface area (Å²) in [5.41, 5.74) is 1.92. The summed E-state index contributed by atoms with van der Waals surface area (Å²) in [6.45, 7) is 1.81. The van der Waals surface area contributed by atoms with Crippen molar-refractivity contribution >= 4 is 60.1 Å². The second-order valence-corrected chi connectivity index (χ2v) is 6.99. The van der Waals surface area contributed by atoms with Crippen LogP contribution in [-0.4, -0.2) is 27.7 Å². The van der Waals surface area contributed by atoms with Gasteiger partial charge in [0.05, 0.1) is 21.0 Å². The fourth-order valence-electron chi connectivity index (χ4n) is 2.17. The molecule has 0 radical (unpaired) electrons. The minimum absolute atomic E-state index is 0.160. The molecule has 8 heteroatoms. The molecule has 22 heavy (non-hydrogen) atoms. The molecule has 0 spiro atoms. The Hall–Kier alpha value is -1.44. The predicted octanol–water partition coefficient (Wildman–Crippen LogP) is 4.03. The van der Waals surface area contributed by atoms with Gasteiger partial charge in [0, 0.05) is 14.1 Å². The fourth-order valence-corrected chi connectivity index (χ4v) is 3.94. The number of hydrogen-bond acceptors (Lipinski definition) is 4. The average Bonchev–Trinajstić information content (AvgIpc) is 3.01. The van der Waals surface area contributed by atoms with E-state index in [2.05, 4.69) is 26.0 Å². The largest absolute Gasteiger partial charge is 0.287 e. The topological polar surface area (TPSA) is 51.0 Å². The number of carbonyl (C=O) groups excluding carboxylic acids is 1. The first kappa shape index (κ1) is 15.5. The van der Waals surface area contributed by atoms with Crippen molar-refractivity contribution in [2.45, 2.75) is 6.92 Å². The predicted molar refractivity (Wildman–Crippen MR) is 93.0 cm³/mol. The maximum atomic E-state index is 12.7. The molecule has 0 aliphatic heterocycles. The number of anilines is 1. The van der Waals surface area contributed by atoms with Gasteiger partial charge in [0.2, 0.25) is 0 Å². The number of aromatic nitrogens is 3. The van der Waals surface area contributed by atoms with Crippen LogP contribution in [0.1, 0.15) is 16.1 Å². The highest BCUT2D eigenvalue weighted by atomic mass is 79.9. The van der Waals surface area contributed by atoms with Gasteiger partial charge in [-0.3, -0.25) is 14.4 Å². The molecule has 0 bridgehead atoms. The highest BCUT2D eigenvalue weighted by Gasteiger charge is 2.24. The molecule has 0 aliphatic carbocycles. The third-order valence-corrected chi connectivity index (χ3v) is 5.63. The van der Waals surface area contributed by atoms with Gasteiger partial charge in [0.25, 0.3) is 5.91 Å². The molecule has 0 saturated heterocycles. The Morgan fingerprint density at radius 3 is 2.77 bits per heavy atom. The van der Waals surface area contributed by atoms with Crippen LogP contribution in [0.5, 0.6) is 0 Å². The SMILES string of the molecule is Cc1nn(C)c(Br)c1C(=O)N(C)c1nc2c(Cl)cccc2s1. The minimum atomic E-state index is -0.160. The Morgan fingerprint density at radius 1 is 1.45 bits per heavy atom. The van der Waals surface area contributed by atoms with Gasteiger partial charge in [-0.2, -0.15) is 5.10 Å². The van der Waals surface area contributed by atoms with E-state index in [1.807, 2.05) is 12.1 Å². The molecule has 114 valence electrons. The Bertz CT molecular complexity index is 888. The Kier molecular flexibility index (Phi) is 3.96. The second kappa shape index (κ2) is 5.64. The number of fused-ring (bicyclic) bond motifs is 1. The lowest BCUT2D eigenvalue weighted by Gasteiger charge is -2.13. The number of nitrogens with zero attached hydrogens (tertiary/aromatic N) is 4. The molecule has 0 aliphatic rings. The van der Waals surface area contributed by atoms with Gasteiger partial charge in [-0.25, -0.2) is 4.98 Å². The molecule has 3 rings (SSSR count). The van der Waals surface area contributed by atoms with Crippen molar-refractivity contribution in [1.29, 1.82) is 0 Å². The van der Waals surface area contributed by atoms with Crippen molar-refractivity contribution in [2.75, 3.05) is 11.9 Å². The van der Waals surface area contributed by atoms with E-state index in [9.17, 15) is 4.79 Å². The zero-order chi connectivity index (χ0) is 16.0. The summed E-state index contributed by atoms with van der Waals surface area (Å²) < 4.78 is 3.23. The van der Waals surface area contributed by atoms with E-state index in [0.717, 1.165) is 4.70 Å². The zero-order valence-corrected chi connectivity index (χ0v) is 15.3. The van der Waals surface area contributed by atoms with Crippen molar-refractivity contribution in [3.05, 3.63) is 39.1 Å². The van der Waals surface area contributed by atoms with Gasteiger partial charge in [-0.1, -0.05) is 29.0 Å². The number of hydrogen-bond donors (Lipinski definition) is 0. The van der Waals surface area contributed by atoms with E-state index in [1.165, 1.54) is 16.2 Å². The first-order chi connectivity index (χ1) is 10.4. The average molecular weight is 400 g/mol. The Morgan fingerprint density at radius 2 is 2.18 bits per heavy atom. The summed E-state index contributed by atoms with van der Waals surface area (Å²) in [5.74, 6) is -0.160. The summed E-state index contributed by atoms with van der Waals surface area (Å²) in [4.78, 5) is 18.7. The van der Waals surface area contributed by atoms with Crippen LogP contribution in [0.3, 0.4) is 0 Å². The van der Waals surface area contributed by atoms with E-state index in [-0.39, 0.29) is 5.91 Å². The first-order valence-electron chi connectivity index (χ1n) is 6.42. The molecular weight excluding hydrogens is 388 g/mol. The standard InChI is InChI=1S/C14H12BrClN4OS/c1-7-10(12(15)20(3)18-7)13(21)19(2)14-17-11-8(16)5-4-6-9(11)22-14/h4-6H,1-3H3. The summed E-state index contributed by atoms with van der Waals surface area (Å²) >= 11 is 11.0. The third-order valence-electron chi connectivity index (χ3n) is 3.32. The number of carbonyl (C=O) groups is 1. The number of aryl methyl sites for hydroxylation is 2. The number of thiazole rings is 1. The molecular formula is C14H12BrClN4OS. The Balaban J connectivity index is 2.03. The third kappa shape index (κ3) is 2.43. The Labute approximate surface area is 144 Å². The first-order valence-corrected chi connectivity index (χ1v) is 8.41. The van der Waals surface area contributed by atoms with Crippen molar-refractivity contribution in [3.63, 3.8) is 0 Å². The van der Waals surface area contributed by atoms with Gasteiger partial charge >= 0.3 is 0 Å². The van der Waals surface area contributed by atoms with Gasteiger partial charge in [-0.15, -0.1) is 0 Å². The molecule has 0 unspecified atom stereocenters. The molecule has 0 atom stereocenters. The van der Waals surface area contributed by atoms with Crippen LogP contribution in [0, 0.1) is 6.92 Å². The van der Waals surface area contributed by atoms with Crippen LogP contribution in [0.25, 0.3) is 10.2 Å². The van der Waals surface area contributed by atoms with Crippen molar-refractivity contribution in [2.24, 2.45) is 7.05 Å². The fraction of sp³-hybridized carbons (Fsp3) is 0.214. The number of rotatable bonds is 2. The van der Waals surface area contributed by atoms with E-state index >= 15 is 0 Å². The molecule has 0 N–H and O–H groups in total. The number of halogens is 2. The van der Waals surface area contributed by atoms with Crippen LogP contribution in [0.4, 0.5) is 5.13 Å². The maximum absolute atomic E-state index is 12.7. The van der Waals surface area contributed by atoms with Gasteiger partial charge < -0.3 is 0 Å². The molecule has 3 aromatic rings. The van der Waals surface area contributed by atoms with E-state index in [1.54, 1.807) is 31.8 Å². The summed E-state index contributed by atoms with van der Waals surface area (Å²) in [6, 6.07) is 5.60. The molecule has 0 fully saturated rings. The van der Waals surface area contributed by atoms with Crippen LogP contribution in [0.2, 0.25) is 5.02 Å². The number of amides is 1. The van der Waals surface area contributed by atoms with E-state index in [0.29, 0.717) is 31.5 Å². The van der Waals surface area contributed by atoms with Crippen molar-refractivity contribution < 1.29 is 4.79 Å². The summed E-state index contributed by atoms with van der Waals surface area (Å²) in [5, 5.41) is 5.43. The lowest BCUT2D eigenvalue weighted by molar-refractivity contribution is 0.0991. The summed E-state index contributed by atoms with van der Waals surface area (Å²) in [6.07, 6.45) is 0. The molecule has 1 amide bonds. The van der Waals surface area contributed by atoms with Crippen LogP contribution < -0.4 is 4.90 Å². The van der Waals surface area contributed by atoms with Gasteiger partial charge in [-0.05, 0) is 35.0 Å². The lowest BCUT2D eigenvalue weighted by Crippen LogP contribution is -2.26. The number of benzene rings is 1. The highest BCUT2D eigenvalue weighted by molar-refractivity contribution is 9.10. The molecule has 2 heterocycles. The normalized spacial score (nSPS) is 11.1. The van der Waals surface area contributed by atoms with Crippen LogP contribution in [-0.2, 0) is 7.05 Å². The van der Waals surface area contributed by atoms with E-state index < -0.39 is 0 Å². The van der Waals surface area contributed by atoms with Gasteiger partial charge in [0.1, 0.15) is 10.1 Å². The monoisotopic (exact) mass is 398 g/mol. The smallest absolute Gasteiger partial charge is 0.264 e. The second-order valence-electron chi connectivity index (χ2n) is 4.82. The van der Waals surface area contributed by atoms with E-state index in [4.69, 9.17) is 11.6 Å². The van der Waals surface area contributed by atoms with Crippen LogP contribution in [0.15, 0.2) is 22.8 Å². The molecule has 5 nitrogen and oxygen atoms in total. The number of para-hydroxylation sites is 1. The zero-order valence-electron chi connectivity index (χ0n) is 12.1. The van der Waals surface area contributed by atoms with Crippen molar-refractivity contribution in [1.82, 2.24) is 14.8 Å². The van der Waals surface area contributed by atoms with Crippen molar-refractivity contribution in [3.8, 4) is 0 Å². The summed E-state index contributed by atoms with van der Waals surface area (Å²) in [7, 11) is 3.48.